The largest absolute Gasteiger partial charge is 0.444 e. The molecule has 1 aromatic heterocycles. The second-order valence-corrected chi connectivity index (χ2v) is 9.55. The Morgan fingerprint density at radius 2 is 2.17 bits per heavy atom. The Morgan fingerprint density at radius 3 is 2.78 bits per heavy atom. The van der Waals surface area contributed by atoms with Crippen LogP contribution < -0.4 is 4.72 Å². The minimum absolute atomic E-state index is 0.173. The maximum atomic E-state index is 12.3. The molecule has 0 bridgehead atoms. The SMILES string of the molecule is CC(C)(C)OC(=O)N1CCCCC1CNS(=O)(=O)c1cccs1. The first kappa shape index (κ1) is 18.2. The van der Waals surface area contributed by atoms with Crippen molar-refractivity contribution >= 4 is 27.5 Å². The van der Waals surface area contributed by atoms with Gasteiger partial charge in [-0.2, -0.15) is 0 Å². The Labute approximate surface area is 141 Å². The van der Waals surface area contributed by atoms with E-state index in [0.717, 1.165) is 19.3 Å². The van der Waals surface area contributed by atoms with Crippen molar-refractivity contribution in [1.82, 2.24) is 9.62 Å². The maximum absolute atomic E-state index is 12.3. The zero-order chi connectivity index (χ0) is 17.1. The lowest BCUT2D eigenvalue weighted by Crippen LogP contribution is -2.50. The Bertz CT molecular complexity index is 620. The van der Waals surface area contributed by atoms with Gasteiger partial charge in [-0.3, -0.25) is 0 Å². The van der Waals surface area contributed by atoms with Gasteiger partial charge in [-0.25, -0.2) is 17.9 Å². The van der Waals surface area contributed by atoms with Gasteiger partial charge in [-0.15, -0.1) is 11.3 Å². The maximum Gasteiger partial charge on any atom is 0.410 e. The molecule has 1 unspecified atom stereocenters. The summed E-state index contributed by atoms with van der Waals surface area (Å²) in [6, 6.07) is 3.10. The highest BCUT2D eigenvalue weighted by Gasteiger charge is 2.31. The summed E-state index contributed by atoms with van der Waals surface area (Å²) in [5.41, 5.74) is -0.560. The molecular formula is C15H24N2O4S2. The van der Waals surface area contributed by atoms with Crippen LogP contribution in [-0.2, 0) is 14.8 Å². The predicted octanol–water partition coefficient (Wildman–Crippen LogP) is 2.82. The van der Waals surface area contributed by atoms with Crippen molar-refractivity contribution < 1.29 is 17.9 Å². The summed E-state index contributed by atoms with van der Waals surface area (Å²) < 4.78 is 32.7. The number of piperidine rings is 1. The lowest BCUT2D eigenvalue weighted by atomic mass is 10.0. The van der Waals surface area contributed by atoms with Crippen molar-refractivity contribution in [3.05, 3.63) is 17.5 Å². The van der Waals surface area contributed by atoms with E-state index in [0.29, 0.717) is 6.54 Å². The van der Waals surface area contributed by atoms with Crippen LogP contribution in [0.5, 0.6) is 0 Å². The summed E-state index contributed by atoms with van der Waals surface area (Å²) in [6.07, 6.45) is 2.28. The highest BCUT2D eigenvalue weighted by atomic mass is 32.2. The number of hydrogen-bond acceptors (Lipinski definition) is 5. The highest BCUT2D eigenvalue weighted by Crippen LogP contribution is 2.21. The molecule has 0 radical (unpaired) electrons. The molecule has 0 saturated carbocycles. The predicted molar refractivity (Wildman–Crippen MR) is 90.1 cm³/mol. The van der Waals surface area contributed by atoms with Crippen molar-refractivity contribution in [2.45, 2.75) is 55.9 Å². The molecule has 1 N–H and O–H groups in total. The van der Waals surface area contributed by atoms with Gasteiger partial charge in [0, 0.05) is 19.1 Å². The average molecular weight is 361 g/mol. The minimum Gasteiger partial charge on any atom is -0.444 e. The van der Waals surface area contributed by atoms with E-state index in [1.54, 1.807) is 22.4 Å². The first-order chi connectivity index (χ1) is 10.7. The molecule has 1 saturated heterocycles. The molecule has 23 heavy (non-hydrogen) atoms. The van der Waals surface area contributed by atoms with Crippen LogP contribution in [-0.4, -0.2) is 44.1 Å². The quantitative estimate of drug-likeness (QED) is 0.896. The number of carbonyl (C=O) groups excluding carboxylic acids is 1. The number of thiophene rings is 1. The Kier molecular flexibility index (Phi) is 5.70. The van der Waals surface area contributed by atoms with Crippen LogP contribution in [0.25, 0.3) is 0 Å². The molecule has 0 aromatic carbocycles. The summed E-state index contributed by atoms with van der Waals surface area (Å²) in [6.45, 7) is 6.27. The van der Waals surface area contributed by atoms with Crippen LogP contribution >= 0.6 is 11.3 Å². The molecule has 6 nitrogen and oxygen atoms in total. The minimum atomic E-state index is -3.51. The Balaban J connectivity index is 2.00. The molecular weight excluding hydrogens is 336 g/mol. The van der Waals surface area contributed by atoms with E-state index in [-0.39, 0.29) is 22.9 Å². The zero-order valence-electron chi connectivity index (χ0n) is 13.7. The number of carbonyl (C=O) groups is 1. The van der Waals surface area contributed by atoms with E-state index in [2.05, 4.69) is 4.72 Å². The summed E-state index contributed by atoms with van der Waals surface area (Å²) in [7, 11) is -3.51. The van der Waals surface area contributed by atoms with E-state index in [4.69, 9.17) is 4.74 Å². The fraction of sp³-hybridized carbons (Fsp3) is 0.667. The molecule has 1 atom stereocenters. The van der Waals surface area contributed by atoms with Crippen LogP contribution in [0.1, 0.15) is 40.0 Å². The van der Waals surface area contributed by atoms with Crippen molar-refractivity contribution in [3.8, 4) is 0 Å². The lowest BCUT2D eigenvalue weighted by Gasteiger charge is -2.36. The van der Waals surface area contributed by atoms with E-state index in [1.807, 2.05) is 20.8 Å². The molecule has 8 heteroatoms. The van der Waals surface area contributed by atoms with E-state index < -0.39 is 15.6 Å². The van der Waals surface area contributed by atoms with E-state index in [1.165, 1.54) is 11.3 Å². The third-order valence-electron chi connectivity index (χ3n) is 3.52. The third-order valence-corrected chi connectivity index (χ3v) is 6.35. The van der Waals surface area contributed by atoms with E-state index in [9.17, 15) is 13.2 Å². The number of amides is 1. The van der Waals surface area contributed by atoms with Crippen molar-refractivity contribution in [1.29, 1.82) is 0 Å². The van der Waals surface area contributed by atoms with Crippen LogP contribution in [0.2, 0.25) is 0 Å². The summed E-state index contributed by atoms with van der Waals surface area (Å²) in [5.74, 6) is 0. The fourth-order valence-electron chi connectivity index (χ4n) is 2.47. The number of ether oxygens (including phenoxy) is 1. The number of sulfonamides is 1. The molecule has 1 aliphatic rings. The van der Waals surface area contributed by atoms with Crippen molar-refractivity contribution in [2.75, 3.05) is 13.1 Å². The molecule has 1 aromatic rings. The number of likely N-dealkylation sites (tertiary alicyclic amines) is 1. The van der Waals surface area contributed by atoms with Crippen LogP contribution in [0, 0.1) is 0 Å². The summed E-state index contributed by atoms with van der Waals surface area (Å²) in [5, 5.41) is 1.72. The lowest BCUT2D eigenvalue weighted by molar-refractivity contribution is 0.0105. The molecule has 2 rings (SSSR count). The van der Waals surface area contributed by atoms with Gasteiger partial charge in [-0.1, -0.05) is 6.07 Å². The van der Waals surface area contributed by atoms with Crippen molar-refractivity contribution in [3.63, 3.8) is 0 Å². The molecule has 130 valence electrons. The van der Waals surface area contributed by atoms with Gasteiger partial charge < -0.3 is 9.64 Å². The molecule has 1 fully saturated rings. The summed E-state index contributed by atoms with van der Waals surface area (Å²) >= 11 is 1.18. The number of nitrogens with one attached hydrogen (secondary N) is 1. The van der Waals surface area contributed by atoms with Crippen LogP contribution in [0.3, 0.4) is 0 Å². The number of nitrogens with zero attached hydrogens (tertiary/aromatic N) is 1. The number of hydrogen-bond donors (Lipinski definition) is 1. The van der Waals surface area contributed by atoms with Gasteiger partial charge in [0.05, 0.1) is 0 Å². The first-order valence-corrected chi connectivity index (χ1v) is 10.1. The second kappa shape index (κ2) is 7.19. The standard InChI is InChI=1S/C15H24N2O4S2/c1-15(2,3)21-14(18)17-9-5-4-7-12(17)11-16-23(19,20)13-8-6-10-22-13/h6,8,10,12,16H,4-5,7,9,11H2,1-3H3. The monoisotopic (exact) mass is 360 g/mol. The normalized spacial score (nSPS) is 19.6. The third kappa shape index (κ3) is 5.19. The fourth-order valence-corrected chi connectivity index (χ4v) is 4.58. The van der Waals surface area contributed by atoms with Crippen molar-refractivity contribution in [2.24, 2.45) is 0 Å². The number of rotatable bonds is 4. The molecule has 0 aliphatic carbocycles. The molecule has 1 amide bonds. The van der Waals surface area contributed by atoms with Gasteiger partial charge in [-0.05, 0) is 51.5 Å². The van der Waals surface area contributed by atoms with Gasteiger partial charge in [0.1, 0.15) is 9.81 Å². The van der Waals surface area contributed by atoms with Gasteiger partial charge in [0.2, 0.25) is 10.0 Å². The second-order valence-electron chi connectivity index (χ2n) is 6.61. The Hall–Kier alpha value is -1.12. The molecule has 2 heterocycles. The molecule has 1 aliphatic heterocycles. The molecule has 0 spiro atoms. The van der Waals surface area contributed by atoms with Crippen LogP contribution in [0.4, 0.5) is 4.79 Å². The van der Waals surface area contributed by atoms with Gasteiger partial charge in [0.15, 0.2) is 0 Å². The van der Waals surface area contributed by atoms with Gasteiger partial charge in [0.25, 0.3) is 0 Å². The first-order valence-electron chi connectivity index (χ1n) is 7.72. The van der Waals surface area contributed by atoms with Gasteiger partial charge >= 0.3 is 6.09 Å². The zero-order valence-corrected chi connectivity index (χ0v) is 15.4. The van der Waals surface area contributed by atoms with Crippen LogP contribution in [0.15, 0.2) is 21.7 Å². The highest BCUT2D eigenvalue weighted by molar-refractivity contribution is 7.91. The topological polar surface area (TPSA) is 75.7 Å². The summed E-state index contributed by atoms with van der Waals surface area (Å²) in [4.78, 5) is 14.0. The smallest absolute Gasteiger partial charge is 0.410 e. The van der Waals surface area contributed by atoms with E-state index >= 15 is 0 Å². The Morgan fingerprint density at radius 1 is 1.43 bits per heavy atom. The average Bonchev–Trinajstić information content (AvgIpc) is 2.98.